The van der Waals surface area contributed by atoms with Crippen LogP contribution >= 0.6 is 0 Å². The summed E-state index contributed by atoms with van der Waals surface area (Å²) in [6, 6.07) is 6.23. The van der Waals surface area contributed by atoms with Gasteiger partial charge in [-0.05, 0) is 50.3 Å². The number of hydrogen-bond acceptors (Lipinski definition) is 3. The van der Waals surface area contributed by atoms with Gasteiger partial charge in [0, 0.05) is 43.5 Å². The van der Waals surface area contributed by atoms with Crippen molar-refractivity contribution in [3.8, 4) is 0 Å². The molecule has 1 aliphatic carbocycles. The molecule has 25 heavy (non-hydrogen) atoms. The molecule has 1 N–H and O–H groups in total. The standard InChI is InChI=1S/C20H27N3O2/c1-13-10-17(13)19-7-5-16(25-19)6-8-20(24)23-9-3-4-15(12-23)18-11-14(2)21-22-18/h5,7,11,13,15,17H,3-4,6,8-10,12H2,1-2H3,(H,21,22)/t13-,15+,17+/m0/s1. The van der Waals surface area contributed by atoms with Crippen LogP contribution in [0.1, 0.15) is 67.4 Å². The second-order valence-corrected chi connectivity index (χ2v) is 7.78. The van der Waals surface area contributed by atoms with E-state index in [-0.39, 0.29) is 5.91 Å². The number of amides is 1. The normalized spacial score (nSPS) is 26.0. The number of hydrogen-bond donors (Lipinski definition) is 1. The highest BCUT2D eigenvalue weighted by Crippen LogP contribution is 2.47. The number of piperidine rings is 1. The van der Waals surface area contributed by atoms with Crippen LogP contribution in [-0.2, 0) is 11.2 Å². The van der Waals surface area contributed by atoms with Crippen molar-refractivity contribution in [1.29, 1.82) is 0 Å². The molecule has 3 atom stereocenters. The SMILES string of the molecule is Cc1cc([C@@H]2CCCN(C(=O)CCc3ccc([C@@H]4C[C@@H]4C)o3)C2)n[nH]1. The van der Waals surface area contributed by atoms with E-state index < -0.39 is 0 Å². The molecule has 5 nitrogen and oxygen atoms in total. The molecular formula is C20H27N3O2. The molecule has 2 fully saturated rings. The van der Waals surface area contributed by atoms with Crippen molar-refractivity contribution >= 4 is 5.91 Å². The van der Waals surface area contributed by atoms with E-state index >= 15 is 0 Å². The molecule has 0 unspecified atom stereocenters. The molecule has 1 amide bonds. The van der Waals surface area contributed by atoms with Gasteiger partial charge in [-0.2, -0.15) is 5.10 Å². The van der Waals surface area contributed by atoms with Gasteiger partial charge in [0.15, 0.2) is 0 Å². The van der Waals surface area contributed by atoms with Gasteiger partial charge < -0.3 is 9.32 Å². The van der Waals surface area contributed by atoms with E-state index in [1.807, 2.05) is 17.9 Å². The first-order chi connectivity index (χ1) is 12.1. The first-order valence-corrected chi connectivity index (χ1v) is 9.48. The maximum atomic E-state index is 12.6. The van der Waals surface area contributed by atoms with Crippen LogP contribution in [0.2, 0.25) is 0 Å². The Labute approximate surface area is 148 Å². The van der Waals surface area contributed by atoms with Crippen molar-refractivity contribution in [2.75, 3.05) is 13.1 Å². The minimum Gasteiger partial charge on any atom is -0.466 e. The average Bonchev–Trinajstić information content (AvgIpc) is 3.02. The summed E-state index contributed by atoms with van der Waals surface area (Å²) in [4.78, 5) is 14.6. The zero-order chi connectivity index (χ0) is 17.4. The van der Waals surface area contributed by atoms with Crippen molar-refractivity contribution in [1.82, 2.24) is 15.1 Å². The molecule has 0 spiro atoms. The summed E-state index contributed by atoms with van der Waals surface area (Å²) >= 11 is 0. The number of nitrogens with zero attached hydrogens (tertiary/aromatic N) is 2. The fourth-order valence-corrected chi connectivity index (χ4v) is 3.93. The van der Waals surface area contributed by atoms with E-state index in [1.165, 1.54) is 6.42 Å². The van der Waals surface area contributed by atoms with Gasteiger partial charge in [0.2, 0.25) is 5.91 Å². The van der Waals surface area contributed by atoms with Crippen LogP contribution in [0.5, 0.6) is 0 Å². The van der Waals surface area contributed by atoms with E-state index in [0.717, 1.165) is 54.8 Å². The van der Waals surface area contributed by atoms with Crippen molar-refractivity contribution in [2.24, 2.45) is 5.92 Å². The lowest BCUT2D eigenvalue weighted by molar-refractivity contribution is -0.132. The molecule has 2 aliphatic rings. The Bertz CT molecular complexity index is 748. The van der Waals surface area contributed by atoms with Crippen molar-refractivity contribution in [3.05, 3.63) is 41.1 Å². The summed E-state index contributed by atoms with van der Waals surface area (Å²) in [6.45, 7) is 5.92. The van der Waals surface area contributed by atoms with Crippen LogP contribution in [0.25, 0.3) is 0 Å². The van der Waals surface area contributed by atoms with Crippen LogP contribution in [0, 0.1) is 12.8 Å². The van der Waals surface area contributed by atoms with Crippen LogP contribution in [-0.4, -0.2) is 34.1 Å². The molecule has 5 heteroatoms. The van der Waals surface area contributed by atoms with E-state index in [2.05, 4.69) is 29.3 Å². The first-order valence-electron chi connectivity index (χ1n) is 9.48. The van der Waals surface area contributed by atoms with E-state index in [4.69, 9.17) is 4.42 Å². The van der Waals surface area contributed by atoms with E-state index in [0.29, 0.717) is 24.7 Å². The lowest BCUT2D eigenvalue weighted by Crippen LogP contribution is -2.39. The summed E-state index contributed by atoms with van der Waals surface area (Å²) in [6.07, 6.45) is 4.61. The third-order valence-corrected chi connectivity index (χ3v) is 5.66. The first kappa shape index (κ1) is 16.4. The molecule has 2 aromatic rings. The Balaban J connectivity index is 1.30. The van der Waals surface area contributed by atoms with Gasteiger partial charge in [-0.1, -0.05) is 6.92 Å². The largest absolute Gasteiger partial charge is 0.466 e. The van der Waals surface area contributed by atoms with Crippen molar-refractivity contribution in [3.63, 3.8) is 0 Å². The zero-order valence-corrected chi connectivity index (χ0v) is 15.1. The number of nitrogens with one attached hydrogen (secondary N) is 1. The van der Waals surface area contributed by atoms with Gasteiger partial charge in [-0.25, -0.2) is 0 Å². The summed E-state index contributed by atoms with van der Waals surface area (Å²) in [5.74, 6) is 3.98. The molecule has 1 saturated carbocycles. The van der Waals surface area contributed by atoms with Crippen LogP contribution in [0.15, 0.2) is 22.6 Å². The molecule has 2 aromatic heterocycles. The minimum absolute atomic E-state index is 0.231. The quantitative estimate of drug-likeness (QED) is 0.900. The minimum atomic E-state index is 0.231. The Morgan fingerprint density at radius 3 is 3.00 bits per heavy atom. The van der Waals surface area contributed by atoms with Gasteiger partial charge in [-0.3, -0.25) is 9.89 Å². The van der Waals surface area contributed by atoms with Gasteiger partial charge in [0.25, 0.3) is 0 Å². The highest BCUT2D eigenvalue weighted by Gasteiger charge is 2.36. The number of carbonyl (C=O) groups is 1. The number of furan rings is 1. The van der Waals surface area contributed by atoms with Crippen LogP contribution in [0.4, 0.5) is 0 Å². The number of aromatic amines is 1. The summed E-state index contributed by atoms with van der Waals surface area (Å²) in [5, 5.41) is 7.39. The topological polar surface area (TPSA) is 62.1 Å². The maximum absolute atomic E-state index is 12.6. The molecule has 1 aliphatic heterocycles. The Kier molecular flexibility index (Phi) is 4.40. The number of likely N-dealkylation sites (tertiary alicyclic amines) is 1. The second-order valence-electron chi connectivity index (χ2n) is 7.78. The lowest BCUT2D eigenvalue weighted by atomic mass is 9.94. The molecule has 3 heterocycles. The summed E-state index contributed by atoms with van der Waals surface area (Å²) in [7, 11) is 0. The molecule has 0 bridgehead atoms. The number of rotatable bonds is 5. The number of aromatic nitrogens is 2. The molecule has 0 aromatic carbocycles. The fourth-order valence-electron chi connectivity index (χ4n) is 3.93. The van der Waals surface area contributed by atoms with Crippen LogP contribution < -0.4 is 0 Å². The third kappa shape index (κ3) is 3.65. The highest BCUT2D eigenvalue weighted by atomic mass is 16.3. The number of carbonyl (C=O) groups excluding carboxylic acids is 1. The predicted octanol–water partition coefficient (Wildman–Crippen LogP) is 3.77. The Morgan fingerprint density at radius 1 is 1.44 bits per heavy atom. The van der Waals surface area contributed by atoms with E-state index in [1.54, 1.807) is 0 Å². The molecule has 134 valence electrons. The van der Waals surface area contributed by atoms with Crippen LogP contribution in [0.3, 0.4) is 0 Å². The third-order valence-electron chi connectivity index (χ3n) is 5.66. The monoisotopic (exact) mass is 341 g/mol. The van der Waals surface area contributed by atoms with Gasteiger partial charge in [0.05, 0.1) is 5.69 Å². The second kappa shape index (κ2) is 6.70. The predicted molar refractivity (Wildman–Crippen MR) is 95.4 cm³/mol. The van der Waals surface area contributed by atoms with Crippen molar-refractivity contribution < 1.29 is 9.21 Å². The van der Waals surface area contributed by atoms with Crippen molar-refractivity contribution in [2.45, 2.75) is 57.8 Å². The number of aryl methyl sites for hydroxylation is 2. The van der Waals surface area contributed by atoms with Gasteiger partial charge >= 0.3 is 0 Å². The number of H-pyrrole nitrogens is 1. The summed E-state index contributed by atoms with van der Waals surface area (Å²) < 4.78 is 5.92. The fraction of sp³-hybridized carbons (Fsp3) is 0.600. The van der Waals surface area contributed by atoms with E-state index in [9.17, 15) is 4.79 Å². The molecule has 4 rings (SSSR count). The Hall–Kier alpha value is -2.04. The molecule has 0 radical (unpaired) electrons. The Morgan fingerprint density at radius 2 is 2.28 bits per heavy atom. The zero-order valence-electron chi connectivity index (χ0n) is 15.1. The summed E-state index contributed by atoms with van der Waals surface area (Å²) in [5.41, 5.74) is 2.17. The molecular weight excluding hydrogens is 314 g/mol. The highest BCUT2D eigenvalue weighted by molar-refractivity contribution is 5.76. The van der Waals surface area contributed by atoms with Gasteiger partial charge in [0.1, 0.15) is 11.5 Å². The molecule has 1 saturated heterocycles. The smallest absolute Gasteiger partial charge is 0.223 e. The maximum Gasteiger partial charge on any atom is 0.223 e. The van der Waals surface area contributed by atoms with Gasteiger partial charge in [-0.15, -0.1) is 0 Å². The lowest BCUT2D eigenvalue weighted by Gasteiger charge is -2.32. The average molecular weight is 341 g/mol.